The molecule has 0 bridgehead atoms. The molecule has 18 heavy (non-hydrogen) atoms. The molecule has 6 nitrogen and oxygen atoms in total. The second kappa shape index (κ2) is 6.90. The molecule has 96 valence electrons. The van der Waals surface area contributed by atoms with Crippen LogP contribution in [0, 0.1) is 0 Å². The zero-order valence-electron chi connectivity index (χ0n) is 9.70. The molecular weight excluding hydrogens is 252 g/mol. The summed E-state index contributed by atoms with van der Waals surface area (Å²) in [6.45, 7) is 1.34. The molecule has 0 saturated carbocycles. The van der Waals surface area contributed by atoms with Crippen molar-refractivity contribution in [3.63, 3.8) is 0 Å². The lowest BCUT2D eigenvalue weighted by Gasteiger charge is -2.06. The third kappa shape index (κ3) is 3.66. The van der Waals surface area contributed by atoms with Crippen molar-refractivity contribution in [2.45, 2.75) is 6.61 Å². The highest BCUT2D eigenvalue weighted by atomic mass is 32.1. The Balaban J connectivity index is 1.65. The van der Waals surface area contributed by atoms with Crippen LogP contribution in [0.25, 0.3) is 0 Å². The molecule has 0 aliphatic carbocycles. The number of aromatic nitrogens is 2. The van der Waals surface area contributed by atoms with Gasteiger partial charge in [-0.15, -0.1) is 5.10 Å². The maximum atomic E-state index is 5.48. The number of nitrogens with one attached hydrogen (secondary N) is 1. The van der Waals surface area contributed by atoms with Gasteiger partial charge in [-0.1, -0.05) is 22.7 Å². The fraction of sp³-hybridized carbons (Fsp3) is 0.273. The summed E-state index contributed by atoms with van der Waals surface area (Å²) >= 11 is 1.20. The van der Waals surface area contributed by atoms with E-state index in [0.717, 1.165) is 10.8 Å². The summed E-state index contributed by atoms with van der Waals surface area (Å²) in [7, 11) is 0. The minimum atomic E-state index is 0.369. The Morgan fingerprint density at radius 2 is 2.06 bits per heavy atom. The monoisotopic (exact) mass is 266 g/mol. The molecule has 1 aromatic carbocycles. The van der Waals surface area contributed by atoms with Crippen LogP contribution in [0.15, 0.2) is 30.3 Å². The summed E-state index contributed by atoms with van der Waals surface area (Å²) in [4.78, 5) is 0. The summed E-state index contributed by atoms with van der Waals surface area (Å²) in [5.74, 6) is 6.14. The average molecular weight is 266 g/mol. The topological polar surface area (TPSA) is 82.3 Å². The Hall–Kier alpha value is -1.70. The van der Waals surface area contributed by atoms with E-state index in [1.807, 2.05) is 30.3 Å². The van der Waals surface area contributed by atoms with Gasteiger partial charge in [-0.2, -0.15) is 0 Å². The van der Waals surface area contributed by atoms with Crippen LogP contribution in [-0.4, -0.2) is 22.8 Å². The van der Waals surface area contributed by atoms with Crippen LogP contribution in [0.3, 0.4) is 0 Å². The first-order valence-corrected chi connectivity index (χ1v) is 6.21. The Bertz CT molecular complexity index is 463. The predicted molar refractivity (Wildman–Crippen MR) is 69.3 cm³/mol. The lowest BCUT2D eigenvalue weighted by Crippen LogP contribution is -2.10. The van der Waals surface area contributed by atoms with E-state index in [0.29, 0.717) is 25.5 Å². The molecule has 0 atom stereocenters. The normalized spacial score (nSPS) is 10.3. The summed E-state index contributed by atoms with van der Waals surface area (Å²) in [6.07, 6.45) is 0. The van der Waals surface area contributed by atoms with Gasteiger partial charge in [0.25, 0.3) is 0 Å². The van der Waals surface area contributed by atoms with E-state index in [-0.39, 0.29) is 0 Å². The van der Waals surface area contributed by atoms with Crippen molar-refractivity contribution in [2.75, 3.05) is 18.6 Å². The van der Waals surface area contributed by atoms with Crippen LogP contribution >= 0.6 is 11.5 Å². The smallest absolute Gasteiger partial charge is 0.149 e. The van der Waals surface area contributed by atoms with Crippen molar-refractivity contribution in [1.29, 1.82) is 0 Å². The van der Waals surface area contributed by atoms with Gasteiger partial charge in [-0.25, -0.2) is 5.84 Å². The number of anilines is 1. The van der Waals surface area contributed by atoms with Gasteiger partial charge in [-0.3, -0.25) is 0 Å². The van der Waals surface area contributed by atoms with E-state index in [2.05, 4.69) is 15.0 Å². The molecular formula is C11H14N4O2S. The molecule has 2 rings (SSSR count). The molecule has 0 saturated heterocycles. The maximum absolute atomic E-state index is 5.48. The third-order valence-corrected chi connectivity index (χ3v) is 2.86. The average Bonchev–Trinajstić information content (AvgIpc) is 2.87. The van der Waals surface area contributed by atoms with Gasteiger partial charge in [-0.05, 0) is 12.1 Å². The Morgan fingerprint density at radius 3 is 2.83 bits per heavy atom. The lowest BCUT2D eigenvalue weighted by molar-refractivity contribution is 0.0872. The molecule has 7 heteroatoms. The zero-order valence-corrected chi connectivity index (χ0v) is 10.5. The second-order valence-corrected chi connectivity index (χ2v) is 4.16. The molecule has 1 heterocycles. The fourth-order valence-corrected chi connectivity index (χ4v) is 1.80. The number of ether oxygens (including phenoxy) is 2. The summed E-state index contributed by atoms with van der Waals surface area (Å²) < 4.78 is 14.7. The van der Waals surface area contributed by atoms with Gasteiger partial charge in [0, 0.05) is 11.5 Å². The summed E-state index contributed by atoms with van der Waals surface area (Å²) in [5, 5.41) is 4.62. The first-order chi connectivity index (χ1) is 8.90. The second-order valence-electron chi connectivity index (χ2n) is 3.41. The number of hydrazine groups is 1. The first kappa shape index (κ1) is 12.7. The van der Waals surface area contributed by atoms with Crippen molar-refractivity contribution in [1.82, 2.24) is 9.59 Å². The van der Waals surface area contributed by atoms with E-state index in [9.17, 15) is 0 Å². The van der Waals surface area contributed by atoms with E-state index in [1.54, 1.807) is 0 Å². The van der Waals surface area contributed by atoms with E-state index >= 15 is 0 Å². The molecule has 0 radical (unpaired) electrons. The molecule has 0 aliphatic heterocycles. The van der Waals surface area contributed by atoms with Crippen LogP contribution in [0.4, 0.5) is 5.00 Å². The van der Waals surface area contributed by atoms with E-state index < -0.39 is 0 Å². The van der Waals surface area contributed by atoms with E-state index in [4.69, 9.17) is 15.3 Å². The van der Waals surface area contributed by atoms with E-state index in [1.165, 1.54) is 11.5 Å². The highest BCUT2D eigenvalue weighted by molar-refractivity contribution is 7.10. The third-order valence-electron chi connectivity index (χ3n) is 2.17. The largest absolute Gasteiger partial charge is 0.491 e. The molecule has 0 unspecified atom stereocenters. The molecule has 1 aromatic heterocycles. The number of nitrogens with zero attached hydrogens (tertiary/aromatic N) is 2. The van der Waals surface area contributed by atoms with Gasteiger partial charge >= 0.3 is 0 Å². The molecule has 0 spiro atoms. The molecule has 0 amide bonds. The zero-order chi connectivity index (χ0) is 12.6. The number of para-hydroxylation sites is 1. The summed E-state index contributed by atoms with van der Waals surface area (Å²) in [5.41, 5.74) is 3.23. The van der Waals surface area contributed by atoms with Gasteiger partial charge in [0.1, 0.15) is 23.1 Å². The van der Waals surface area contributed by atoms with Crippen LogP contribution in [-0.2, 0) is 11.3 Å². The lowest BCUT2D eigenvalue weighted by atomic mass is 10.3. The molecule has 2 aromatic rings. The van der Waals surface area contributed by atoms with Crippen molar-refractivity contribution in [3.8, 4) is 5.75 Å². The summed E-state index contributed by atoms with van der Waals surface area (Å²) in [6, 6.07) is 9.61. The number of benzene rings is 1. The fourth-order valence-electron chi connectivity index (χ4n) is 1.32. The van der Waals surface area contributed by atoms with Crippen molar-refractivity contribution in [3.05, 3.63) is 36.0 Å². The van der Waals surface area contributed by atoms with Crippen LogP contribution in [0.5, 0.6) is 5.75 Å². The van der Waals surface area contributed by atoms with Gasteiger partial charge in [0.15, 0.2) is 0 Å². The number of hydrogen-bond acceptors (Lipinski definition) is 7. The number of nitrogens with two attached hydrogens (primary N) is 1. The highest BCUT2D eigenvalue weighted by Crippen LogP contribution is 2.16. The van der Waals surface area contributed by atoms with Crippen molar-refractivity contribution in [2.24, 2.45) is 5.84 Å². The standard InChI is InChI=1S/C11H14N4O2S/c12-13-11-10(14-15-18-11)8-16-6-7-17-9-4-2-1-3-5-9/h1-5,13H,6-8,12H2. The number of hydrogen-bond donors (Lipinski definition) is 2. The number of nitrogen functional groups attached to an aromatic ring is 1. The Kier molecular flexibility index (Phi) is 4.88. The van der Waals surface area contributed by atoms with Crippen LogP contribution in [0.1, 0.15) is 5.69 Å². The van der Waals surface area contributed by atoms with Gasteiger partial charge in [0.05, 0.1) is 13.2 Å². The van der Waals surface area contributed by atoms with Gasteiger partial charge in [0.2, 0.25) is 0 Å². The molecule has 0 aliphatic rings. The van der Waals surface area contributed by atoms with Gasteiger partial charge < -0.3 is 14.9 Å². The number of rotatable bonds is 7. The molecule has 3 N–H and O–H groups in total. The maximum Gasteiger partial charge on any atom is 0.149 e. The Morgan fingerprint density at radius 1 is 1.22 bits per heavy atom. The highest BCUT2D eigenvalue weighted by Gasteiger charge is 2.05. The Labute approximate surface area is 109 Å². The quantitative estimate of drug-likeness (QED) is 0.448. The first-order valence-electron chi connectivity index (χ1n) is 5.43. The van der Waals surface area contributed by atoms with Crippen molar-refractivity contribution >= 4 is 16.5 Å². The molecule has 0 fully saturated rings. The predicted octanol–water partition coefficient (Wildman–Crippen LogP) is 1.42. The van der Waals surface area contributed by atoms with Crippen LogP contribution in [0.2, 0.25) is 0 Å². The SMILES string of the molecule is NNc1snnc1COCCOc1ccccc1. The minimum Gasteiger partial charge on any atom is -0.491 e. The van der Waals surface area contributed by atoms with Crippen molar-refractivity contribution < 1.29 is 9.47 Å². The van der Waals surface area contributed by atoms with Crippen LogP contribution < -0.4 is 16.0 Å². The minimum absolute atomic E-state index is 0.369.